The zero-order valence-corrected chi connectivity index (χ0v) is 8.49. The number of carbonyl (C=O) groups is 1. The topological polar surface area (TPSA) is 38.3 Å². The molecule has 0 saturated heterocycles. The van der Waals surface area contributed by atoms with Crippen molar-refractivity contribution in [2.24, 2.45) is 0 Å². The van der Waals surface area contributed by atoms with Crippen molar-refractivity contribution in [3.63, 3.8) is 0 Å². The van der Waals surface area contributed by atoms with Crippen molar-refractivity contribution >= 4 is 34.8 Å². The molecule has 1 aliphatic heterocycles. The molecule has 0 aliphatic carbocycles. The van der Waals surface area contributed by atoms with Crippen LogP contribution in [0.25, 0.3) is 0 Å². The Hall–Kier alpha value is -1.07. The number of hydrogen-bond acceptors (Lipinski definition) is 2. The lowest BCUT2D eigenvalue weighted by molar-refractivity contribution is -0.189. The number of hydrogen-bond donors (Lipinski definition) is 1. The fraction of sp³-hybridized carbons (Fsp3) is 0.125. The summed E-state index contributed by atoms with van der Waals surface area (Å²) in [5.74, 6) is -1.75. The van der Waals surface area contributed by atoms with Crippen LogP contribution in [0.1, 0.15) is 0 Å². The molecule has 1 amide bonds. The second kappa shape index (κ2) is 3.21. The van der Waals surface area contributed by atoms with Gasteiger partial charge in [-0.3, -0.25) is 4.79 Å². The maximum Gasteiger partial charge on any atom is 0.482 e. The summed E-state index contributed by atoms with van der Waals surface area (Å²) in [4.78, 5) is 10.8. The number of anilines is 1. The summed E-state index contributed by atoms with van der Waals surface area (Å²) in [6.45, 7) is 0. The number of halogens is 4. The van der Waals surface area contributed by atoms with E-state index in [1.165, 1.54) is 6.07 Å². The monoisotopic (exact) mass is 253 g/mol. The Labute approximate surface area is 92.9 Å². The number of fused-ring (bicyclic) bond motifs is 1. The van der Waals surface area contributed by atoms with Crippen molar-refractivity contribution in [2.45, 2.75) is 6.11 Å². The zero-order chi connectivity index (χ0) is 11.2. The molecule has 0 bridgehead atoms. The van der Waals surface area contributed by atoms with Gasteiger partial charge in [0.1, 0.15) is 0 Å². The first kappa shape index (κ1) is 10.4. The zero-order valence-electron chi connectivity index (χ0n) is 6.98. The van der Waals surface area contributed by atoms with Crippen molar-refractivity contribution in [2.75, 3.05) is 5.32 Å². The van der Waals surface area contributed by atoms with Crippen LogP contribution < -0.4 is 10.1 Å². The minimum Gasteiger partial charge on any atom is -0.423 e. The normalized spacial score (nSPS) is 17.7. The summed E-state index contributed by atoms with van der Waals surface area (Å²) in [6.07, 6.45) is -3.88. The standard InChI is InChI=1S/C8H3Cl2F2NO2/c9-3-1-5-6(2-4(3)10)15-8(11,12)7(14)13-5/h1-2H,(H,13,14). The van der Waals surface area contributed by atoms with Crippen molar-refractivity contribution < 1.29 is 18.3 Å². The van der Waals surface area contributed by atoms with E-state index in [1.807, 2.05) is 5.32 Å². The van der Waals surface area contributed by atoms with Gasteiger partial charge in [0.25, 0.3) is 0 Å². The molecule has 1 aromatic carbocycles. The van der Waals surface area contributed by atoms with E-state index in [9.17, 15) is 13.6 Å². The Kier molecular flexibility index (Phi) is 2.24. The van der Waals surface area contributed by atoms with Crippen molar-refractivity contribution in [1.82, 2.24) is 0 Å². The molecular weight excluding hydrogens is 251 g/mol. The Morgan fingerprint density at radius 2 is 1.87 bits per heavy atom. The van der Waals surface area contributed by atoms with E-state index in [0.717, 1.165) is 6.07 Å². The highest BCUT2D eigenvalue weighted by atomic mass is 35.5. The summed E-state index contributed by atoms with van der Waals surface area (Å²) in [6, 6.07) is 2.36. The van der Waals surface area contributed by atoms with Crippen molar-refractivity contribution in [3.8, 4) is 5.75 Å². The fourth-order valence-electron chi connectivity index (χ4n) is 1.09. The molecule has 1 aromatic rings. The van der Waals surface area contributed by atoms with Crippen LogP contribution in [-0.4, -0.2) is 12.0 Å². The quantitative estimate of drug-likeness (QED) is 0.772. The Morgan fingerprint density at radius 1 is 1.27 bits per heavy atom. The minimum atomic E-state index is -3.88. The lowest BCUT2D eigenvalue weighted by Gasteiger charge is -2.24. The third-order valence-corrected chi connectivity index (χ3v) is 2.50. The predicted molar refractivity (Wildman–Crippen MR) is 50.7 cm³/mol. The molecule has 0 radical (unpaired) electrons. The molecule has 0 atom stereocenters. The minimum absolute atomic E-state index is 0.0697. The molecule has 2 rings (SSSR count). The van der Waals surface area contributed by atoms with Gasteiger partial charge in [0, 0.05) is 6.07 Å². The largest absolute Gasteiger partial charge is 0.482 e. The third kappa shape index (κ3) is 1.72. The number of rotatable bonds is 0. The van der Waals surface area contributed by atoms with Crippen LogP contribution in [0, 0.1) is 0 Å². The summed E-state index contributed by atoms with van der Waals surface area (Å²) >= 11 is 11.2. The van der Waals surface area contributed by atoms with Crippen molar-refractivity contribution in [1.29, 1.82) is 0 Å². The molecule has 15 heavy (non-hydrogen) atoms. The molecule has 1 aliphatic rings. The highest BCUT2D eigenvalue weighted by Gasteiger charge is 2.46. The van der Waals surface area contributed by atoms with Gasteiger partial charge in [-0.15, -0.1) is 0 Å². The Bertz CT molecular complexity index is 451. The molecule has 1 N–H and O–H groups in total. The molecule has 1 heterocycles. The number of carbonyl (C=O) groups excluding carboxylic acids is 1. The first-order valence-electron chi connectivity index (χ1n) is 3.77. The van der Waals surface area contributed by atoms with Crippen LogP contribution in [0.3, 0.4) is 0 Å². The number of nitrogens with one attached hydrogen (secondary N) is 1. The van der Waals surface area contributed by atoms with Gasteiger partial charge < -0.3 is 10.1 Å². The van der Waals surface area contributed by atoms with Crippen LogP contribution in [0.5, 0.6) is 5.75 Å². The number of ether oxygens (including phenoxy) is 1. The fourth-order valence-corrected chi connectivity index (χ4v) is 1.41. The lowest BCUT2D eigenvalue weighted by atomic mass is 10.2. The van der Waals surface area contributed by atoms with Gasteiger partial charge in [-0.25, -0.2) is 0 Å². The molecular formula is C8H3Cl2F2NO2. The third-order valence-electron chi connectivity index (χ3n) is 1.77. The molecule has 0 fully saturated rings. The van der Waals surface area contributed by atoms with E-state index in [-0.39, 0.29) is 21.5 Å². The van der Waals surface area contributed by atoms with E-state index < -0.39 is 12.0 Å². The highest BCUT2D eigenvalue weighted by Crippen LogP contribution is 2.40. The van der Waals surface area contributed by atoms with E-state index in [1.54, 1.807) is 0 Å². The van der Waals surface area contributed by atoms with Crippen molar-refractivity contribution in [3.05, 3.63) is 22.2 Å². The van der Waals surface area contributed by atoms with E-state index in [2.05, 4.69) is 4.74 Å². The average molecular weight is 254 g/mol. The van der Waals surface area contributed by atoms with E-state index in [4.69, 9.17) is 23.2 Å². The predicted octanol–water partition coefficient (Wildman–Crippen LogP) is 2.92. The first-order valence-corrected chi connectivity index (χ1v) is 4.53. The van der Waals surface area contributed by atoms with Gasteiger partial charge in [-0.05, 0) is 6.07 Å². The van der Waals surface area contributed by atoms with Gasteiger partial charge in [0.2, 0.25) is 0 Å². The van der Waals surface area contributed by atoms with Gasteiger partial charge >= 0.3 is 12.0 Å². The number of benzene rings is 1. The van der Waals surface area contributed by atoms with Crippen LogP contribution >= 0.6 is 23.2 Å². The molecule has 0 unspecified atom stereocenters. The van der Waals surface area contributed by atoms with Gasteiger partial charge in [-0.2, -0.15) is 8.78 Å². The SMILES string of the molecule is O=C1Nc2cc(Cl)c(Cl)cc2OC1(F)F. The van der Waals surface area contributed by atoms with E-state index in [0.29, 0.717) is 0 Å². The van der Waals surface area contributed by atoms with Crippen LogP contribution in [0.2, 0.25) is 10.0 Å². The summed E-state index contributed by atoms with van der Waals surface area (Å²) in [5, 5.41) is 2.18. The second-order valence-corrected chi connectivity index (χ2v) is 3.65. The maximum absolute atomic E-state index is 12.8. The summed E-state index contributed by atoms with van der Waals surface area (Å²) < 4.78 is 29.8. The molecule has 0 aromatic heterocycles. The number of alkyl halides is 2. The highest BCUT2D eigenvalue weighted by molar-refractivity contribution is 6.42. The second-order valence-electron chi connectivity index (χ2n) is 2.84. The van der Waals surface area contributed by atoms with Gasteiger partial charge in [-0.1, -0.05) is 23.2 Å². The molecule has 3 nitrogen and oxygen atoms in total. The summed E-state index contributed by atoms with van der Waals surface area (Å²) in [7, 11) is 0. The van der Waals surface area contributed by atoms with Gasteiger partial charge in [0.05, 0.1) is 15.7 Å². The average Bonchev–Trinajstić information content (AvgIpc) is 2.11. The Morgan fingerprint density at radius 3 is 2.53 bits per heavy atom. The van der Waals surface area contributed by atoms with E-state index >= 15 is 0 Å². The molecule has 7 heteroatoms. The van der Waals surface area contributed by atoms with Gasteiger partial charge in [0.15, 0.2) is 5.75 Å². The van der Waals surface area contributed by atoms with Crippen LogP contribution in [0.4, 0.5) is 14.5 Å². The molecule has 0 spiro atoms. The van der Waals surface area contributed by atoms with Crippen LogP contribution in [-0.2, 0) is 4.79 Å². The molecule has 80 valence electrons. The Balaban J connectivity index is 2.51. The first-order chi connectivity index (χ1) is 6.90. The van der Waals surface area contributed by atoms with Crippen LogP contribution in [0.15, 0.2) is 12.1 Å². The maximum atomic E-state index is 12.8. The smallest absolute Gasteiger partial charge is 0.423 e. The summed E-state index contributed by atoms with van der Waals surface area (Å²) in [5.41, 5.74) is 0.0697. The lowest BCUT2D eigenvalue weighted by Crippen LogP contribution is -2.43. The molecule has 0 saturated carbocycles. The number of amides is 1.